The average Bonchev–Trinajstić information content (AvgIpc) is 2.89. The van der Waals surface area contributed by atoms with E-state index in [1.165, 1.54) is 0 Å². The Labute approximate surface area is 255 Å². The van der Waals surface area contributed by atoms with E-state index >= 15 is 4.39 Å². The lowest BCUT2D eigenvalue weighted by molar-refractivity contribution is -0.348. The molecule has 0 radical (unpaired) electrons. The first-order valence-electron chi connectivity index (χ1n) is 11.7. The van der Waals surface area contributed by atoms with Crippen molar-refractivity contribution >= 4 is 40.1 Å². The minimum atomic E-state index is -6.75. The van der Waals surface area contributed by atoms with Crippen molar-refractivity contribution in [3.05, 3.63) is 80.1 Å². The normalized spacial score (nSPS) is 18.2. The van der Waals surface area contributed by atoms with E-state index in [0.29, 0.717) is 18.3 Å². The van der Waals surface area contributed by atoms with Crippen LogP contribution in [0.2, 0.25) is 0 Å². The van der Waals surface area contributed by atoms with Crippen molar-refractivity contribution in [2.24, 2.45) is 5.41 Å². The number of amides is 2. The minimum absolute atomic E-state index is 0.217. The summed E-state index contributed by atoms with van der Waals surface area (Å²) in [4.78, 5) is 28.6. The number of hydrogen-bond donors (Lipinski definition) is 2. The maximum Gasteiger partial charge on any atom is 0.435 e. The first-order chi connectivity index (χ1) is 20.2. The molecule has 45 heavy (non-hydrogen) atoms. The molecule has 0 saturated heterocycles. The molecular formula is C25H14F14IN3O2. The van der Waals surface area contributed by atoms with Gasteiger partial charge >= 0.3 is 30.4 Å². The van der Waals surface area contributed by atoms with Gasteiger partial charge in [-0.15, -0.1) is 0 Å². The summed E-state index contributed by atoms with van der Waals surface area (Å²) in [7, 11) is 0. The van der Waals surface area contributed by atoms with Crippen molar-refractivity contribution < 1.29 is 71.1 Å². The summed E-state index contributed by atoms with van der Waals surface area (Å²) in [6.45, 7) is 0.821. The van der Waals surface area contributed by atoms with E-state index in [0.717, 1.165) is 41.7 Å². The summed E-state index contributed by atoms with van der Waals surface area (Å²) in [5.41, 5.74) is -17.6. The van der Waals surface area contributed by atoms with Crippen LogP contribution in [0.15, 0.2) is 54.1 Å². The van der Waals surface area contributed by atoms with Gasteiger partial charge in [0.2, 0.25) is 5.91 Å². The van der Waals surface area contributed by atoms with E-state index in [-0.39, 0.29) is 6.07 Å². The number of hydrogen-bond acceptors (Lipinski definition) is 3. The van der Waals surface area contributed by atoms with Crippen LogP contribution in [0.25, 0.3) is 0 Å². The monoisotopic (exact) mass is 781 g/mol. The van der Waals surface area contributed by atoms with Gasteiger partial charge in [-0.1, -0.05) is 6.08 Å². The van der Waals surface area contributed by atoms with Crippen molar-refractivity contribution in [1.29, 1.82) is 0 Å². The molecular weight excluding hydrogens is 767 g/mol. The Morgan fingerprint density at radius 2 is 1.44 bits per heavy atom. The Morgan fingerprint density at radius 1 is 0.867 bits per heavy atom. The summed E-state index contributed by atoms with van der Waals surface area (Å²) in [5, 5.41) is 3.58. The fourth-order valence-corrected chi connectivity index (χ4v) is 4.71. The Morgan fingerprint density at radius 3 is 1.91 bits per heavy atom. The molecule has 1 aromatic heterocycles. The number of carbonyl (C=O) groups excluding carboxylic acids is 2. The summed E-state index contributed by atoms with van der Waals surface area (Å²) in [6, 6.07) is 0.134. The van der Waals surface area contributed by atoms with Gasteiger partial charge in [0.1, 0.15) is 16.9 Å². The van der Waals surface area contributed by atoms with E-state index in [1.54, 1.807) is 5.32 Å². The molecule has 0 saturated carbocycles. The number of pyridine rings is 1. The van der Waals surface area contributed by atoms with Gasteiger partial charge in [0.05, 0.1) is 22.5 Å². The number of aromatic nitrogens is 1. The van der Waals surface area contributed by atoms with Gasteiger partial charge in [-0.2, -0.15) is 52.7 Å². The van der Waals surface area contributed by atoms with Crippen LogP contribution >= 0.6 is 22.6 Å². The molecule has 1 unspecified atom stereocenters. The largest absolute Gasteiger partial charge is 0.435 e. The lowest BCUT2D eigenvalue weighted by Crippen LogP contribution is -2.50. The van der Waals surface area contributed by atoms with E-state index in [2.05, 4.69) is 4.98 Å². The molecule has 20 heteroatoms. The highest BCUT2D eigenvalue weighted by atomic mass is 127. The third-order valence-electron chi connectivity index (χ3n) is 6.41. The van der Waals surface area contributed by atoms with Crippen LogP contribution in [0.4, 0.5) is 67.2 Å². The van der Waals surface area contributed by atoms with Crippen molar-refractivity contribution in [1.82, 2.24) is 10.3 Å². The number of halogens is 15. The number of benzene rings is 1. The predicted molar refractivity (Wildman–Crippen MR) is 134 cm³/mol. The zero-order valence-corrected chi connectivity index (χ0v) is 23.8. The lowest BCUT2D eigenvalue weighted by Gasteiger charge is -2.32. The first-order valence-corrected chi connectivity index (χ1v) is 12.8. The minimum Gasteiger partial charge on any atom is -0.324 e. The van der Waals surface area contributed by atoms with Gasteiger partial charge in [-0.05, 0) is 66.3 Å². The van der Waals surface area contributed by atoms with Crippen molar-refractivity contribution in [2.45, 2.75) is 43.7 Å². The highest BCUT2D eigenvalue weighted by molar-refractivity contribution is 14.1. The second-order valence-electron chi connectivity index (χ2n) is 9.54. The maximum atomic E-state index is 15.5. The van der Waals surface area contributed by atoms with Crippen LogP contribution in [-0.2, 0) is 22.8 Å². The second-order valence-corrected chi connectivity index (χ2v) is 10.7. The fraction of sp³-hybridized carbons (Fsp3) is 0.320. The molecule has 2 aromatic rings. The molecule has 0 spiro atoms. The zero-order chi connectivity index (χ0) is 34.6. The molecule has 2 N–H and O–H groups in total. The lowest BCUT2D eigenvalue weighted by atomic mass is 9.80. The Balaban J connectivity index is 2.01. The molecule has 2 amide bonds. The third-order valence-corrected chi connectivity index (χ3v) is 7.26. The number of nitrogens with one attached hydrogen (secondary N) is 2. The first kappa shape index (κ1) is 36.0. The number of rotatable bonds is 5. The fourth-order valence-electron chi connectivity index (χ4n) is 3.95. The van der Waals surface area contributed by atoms with Crippen molar-refractivity contribution in [3.8, 4) is 0 Å². The topological polar surface area (TPSA) is 71.1 Å². The molecule has 1 atom stereocenters. The van der Waals surface area contributed by atoms with Crippen molar-refractivity contribution in [3.63, 3.8) is 0 Å². The van der Waals surface area contributed by atoms with Crippen molar-refractivity contribution in [2.75, 3.05) is 5.32 Å². The van der Waals surface area contributed by atoms with Gasteiger partial charge in [-0.3, -0.25) is 14.6 Å². The Hall–Kier alpha value is -3.46. The molecule has 0 aliphatic heterocycles. The molecule has 1 aliphatic rings. The molecule has 246 valence electrons. The summed E-state index contributed by atoms with van der Waals surface area (Å²) >= 11 is 0.827. The molecule has 5 nitrogen and oxygen atoms in total. The average molecular weight is 781 g/mol. The van der Waals surface area contributed by atoms with E-state index < -0.39 is 103 Å². The van der Waals surface area contributed by atoms with Crippen LogP contribution in [0.1, 0.15) is 40.5 Å². The van der Waals surface area contributed by atoms with E-state index in [1.807, 2.05) is 5.32 Å². The number of alkyl halides is 13. The van der Waals surface area contributed by atoms with E-state index in [4.69, 9.17) is 0 Å². The van der Waals surface area contributed by atoms with Gasteiger partial charge in [0, 0.05) is 15.3 Å². The van der Waals surface area contributed by atoms with E-state index in [9.17, 15) is 66.7 Å². The van der Waals surface area contributed by atoms with Crippen LogP contribution in [0.3, 0.4) is 0 Å². The van der Waals surface area contributed by atoms with Crippen LogP contribution < -0.4 is 10.6 Å². The van der Waals surface area contributed by atoms with Gasteiger partial charge < -0.3 is 10.6 Å². The number of allylic oxidation sites excluding steroid dienone is 2. The summed E-state index contributed by atoms with van der Waals surface area (Å²) in [6.07, 6.45) is -22.3. The standard InChI is InChI=1S/C25H14F14IN3O2/c1-20(6-2-3-14(17(20)26)42-18(44)10-4-5-15(41-9-10)23(31,32)33)19(45)43-16-12(22(28,29)30)7-11(8-13(16)40)21(27,24(34,35)36)25(37,38)39/h2-5,7-9H,6H2,1H3,(H,42,44)(H,43,45). The number of nitrogens with zero attached hydrogens (tertiary/aromatic N) is 1. The molecule has 1 aliphatic carbocycles. The Bertz CT molecular complexity index is 1540. The smallest absolute Gasteiger partial charge is 0.324 e. The SMILES string of the molecule is CC1(C(=O)Nc2c(I)cc(C(F)(C(F)(F)F)C(F)(F)F)cc2C(F)(F)F)CC=CC(NC(=O)c2ccc(C(F)(F)F)nc2)=C1F. The van der Waals surface area contributed by atoms with Crippen LogP contribution in [0.5, 0.6) is 0 Å². The highest BCUT2D eigenvalue weighted by Crippen LogP contribution is 2.55. The van der Waals surface area contributed by atoms with Crippen LogP contribution in [0, 0.1) is 8.99 Å². The Kier molecular flexibility index (Phi) is 9.38. The second kappa shape index (κ2) is 11.7. The third kappa shape index (κ3) is 6.88. The predicted octanol–water partition coefficient (Wildman–Crippen LogP) is 8.53. The molecule has 1 heterocycles. The quantitative estimate of drug-likeness (QED) is 0.236. The summed E-state index contributed by atoms with van der Waals surface area (Å²) in [5.74, 6) is -4.33. The van der Waals surface area contributed by atoms with Gasteiger partial charge in [0.25, 0.3) is 5.91 Å². The molecule has 0 fully saturated rings. The number of anilines is 1. The zero-order valence-electron chi connectivity index (χ0n) is 21.7. The van der Waals surface area contributed by atoms with Crippen LogP contribution in [-0.4, -0.2) is 29.2 Å². The van der Waals surface area contributed by atoms with Gasteiger partial charge in [-0.25, -0.2) is 8.78 Å². The van der Waals surface area contributed by atoms with Gasteiger partial charge in [0.15, 0.2) is 0 Å². The number of carbonyl (C=O) groups is 2. The maximum absolute atomic E-state index is 15.5. The molecule has 0 bridgehead atoms. The highest BCUT2D eigenvalue weighted by Gasteiger charge is 2.73. The summed E-state index contributed by atoms with van der Waals surface area (Å²) < 4.78 is 188. The molecule has 3 rings (SSSR count). The molecule has 1 aromatic carbocycles.